The van der Waals surface area contributed by atoms with E-state index in [-0.39, 0.29) is 42.5 Å². The number of rotatable bonds is 6. The lowest BCUT2D eigenvalue weighted by Crippen LogP contribution is -2.50. The maximum absolute atomic E-state index is 12.7. The topological polar surface area (TPSA) is 74.8 Å². The van der Waals surface area contributed by atoms with Crippen LogP contribution < -0.4 is 0 Å². The second-order valence-electron chi connectivity index (χ2n) is 7.34. The molecule has 1 heterocycles. The third-order valence-corrected chi connectivity index (χ3v) is 7.14. The minimum absolute atomic E-state index is 0.0372. The molecule has 0 radical (unpaired) electrons. The number of nitrogens with zero attached hydrogens (tertiary/aromatic N) is 2. The number of ketones is 1. The van der Waals surface area contributed by atoms with E-state index in [4.69, 9.17) is 0 Å². The highest BCUT2D eigenvalue weighted by molar-refractivity contribution is 7.89. The SMILES string of the molecule is Cc1ccc(C)c(C(=O)CCC(=O)N2CCN(S(=O)(=O)c3ccccc3)CC2)c1. The van der Waals surface area contributed by atoms with Crippen LogP contribution in [0.4, 0.5) is 0 Å². The molecular formula is C22H26N2O4S. The second kappa shape index (κ2) is 8.88. The van der Waals surface area contributed by atoms with Crippen molar-refractivity contribution in [3.05, 3.63) is 65.2 Å². The summed E-state index contributed by atoms with van der Waals surface area (Å²) in [6.07, 6.45) is 0.295. The zero-order chi connectivity index (χ0) is 21.0. The van der Waals surface area contributed by atoms with Gasteiger partial charge in [0, 0.05) is 44.6 Å². The number of piperazine rings is 1. The fraction of sp³-hybridized carbons (Fsp3) is 0.364. The summed E-state index contributed by atoms with van der Waals surface area (Å²) in [4.78, 5) is 26.9. The van der Waals surface area contributed by atoms with Crippen molar-refractivity contribution in [2.45, 2.75) is 31.6 Å². The molecule has 1 amide bonds. The standard InChI is InChI=1S/C22H26N2O4S/c1-17-8-9-18(2)20(16-17)21(25)10-11-22(26)23-12-14-24(15-13-23)29(27,28)19-6-4-3-5-7-19/h3-9,16H,10-15H2,1-2H3. The molecule has 1 aliphatic rings. The number of carbonyl (C=O) groups excluding carboxylic acids is 2. The molecule has 3 rings (SSSR count). The van der Waals surface area contributed by atoms with E-state index in [1.807, 2.05) is 32.0 Å². The molecule has 7 heteroatoms. The quantitative estimate of drug-likeness (QED) is 0.681. The van der Waals surface area contributed by atoms with Gasteiger partial charge in [0.05, 0.1) is 4.90 Å². The summed E-state index contributed by atoms with van der Waals surface area (Å²) >= 11 is 0. The van der Waals surface area contributed by atoms with Crippen LogP contribution in [0.5, 0.6) is 0 Å². The Morgan fingerprint density at radius 1 is 0.897 bits per heavy atom. The summed E-state index contributed by atoms with van der Waals surface area (Å²) in [5.74, 6) is -0.148. The van der Waals surface area contributed by atoms with Crippen molar-refractivity contribution in [2.24, 2.45) is 0 Å². The Balaban J connectivity index is 1.54. The van der Waals surface area contributed by atoms with E-state index >= 15 is 0 Å². The molecule has 6 nitrogen and oxygen atoms in total. The van der Waals surface area contributed by atoms with Crippen molar-refractivity contribution in [1.82, 2.24) is 9.21 Å². The van der Waals surface area contributed by atoms with Gasteiger partial charge in [0.2, 0.25) is 15.9 Å². The Kier molecular flexibility index (Phi) is 6.49. The summed E-state index contributed by atoms with van der Waals surface area (Å²) in [6, 6.07) is 14.0. The van der Waals surface area contributed by atoms with Crippen molar-refractivity contribution in [3.8, 4) is 0 Å². The number of Topliss-reactive ketones (excluding diaryl/α,β-unsaturated/α-hetero) is 1. The lowest BCUT2D eigenvalue weighted by Gasteiger charge is -2.34. The predicted octanol–water partition coefficient (Wildman–Crippen LogP) is 2.80. The number of hydrogen-bond acceptors (Lipinski definition) is 4. The number of aryl methyl sites for hydroxylation is 2. The third kappa shape index (κ3) is 4.92. The maximum Gasteiger partial charge on any atom is 0.243 e. The van der Waals surface area contributed by atoms with Crippen LogP contribution in [0.2, 0.25) is 0 Å². The van der Waals surface area contributed by atoms with Crippen molar-refractivity contribution < 1.29 is 18.0 Å². The van der Waals surface area contributed by atoms with Crippen LogP contribution in [0.1, 0.15) is 34.3 Å². The van der Waals surface area contributed by atoms with Crippen molar-refractivity contribution in [3.63, 3.8) is 0 Å². The minimum atomic E-state index is -3.54. The molecule has 2 aromatic rings. The number of amides is 1. The van der Waals surface area contributed by atoms with E-state index in [1.165, 1.54) is 4.31 Å². The molecule has 0 saturated carbocycles. The van der Waals surface area contributed by atoms with E-state index in [2.05, 4.69) is 0 Å². The van der Waals surface area contributed by atoms with Gasteiger partial charge in [0.15, 0.2) is 5.78 Å². The number of hydrogen-bond donors (Lipinski definition) is 0. The molecular weight excluding hydrogens is 388 g/mol. The summed E-state index contributed by atoms with van der Waals surface area (Å²) < 4.78 is 26.8. The van der Waals surface area contributed by atoms with Crippen molar-refractivity contribution >= 4 is 21.7 Å². The summed E-state index contributed by atoms with van der Waals surface area (Å²) in [7, 11) is -3.54. The average Bonchev–Trinajstić information content (AvgIpc) is 2.74. The third-order valence-electron chi connectivity index (χ3n) is 5.23. The first-order valence-corrected chi connectivity index (χ1v) is 11.2. The highest BCUT2D eigenvalue weighted by Gasteiger charge is 2.30. The van der Waals surface area contributed by atoms with Gasteiger partial charge in [-0.05, 0) is 37.6 Å². The molecule has 0 atom stereocenters. The van der Waals surface area contributed by atoms with Crippen LogP contribution in [0.3, 0.4) is 0 Å². The fourth-order valence-electron chi connectivity index (χ4n) is 3.47. The lowest BCUT2D eigenvalue weighted by molar-refractivity contribution is -0.132. The monoisotopic (exact) mass is 414 g/mol. The largest absolute Gasteiger partial charge is 0.340 e. The van der Waals surface area contributed by atoms with Crippen molar-refractivity contribution in [2.75, 3.05) is 26.2 Å². The van der Waals surface area contributed by atoms with Gasteiger partial charge in [0.25, 0.3) is 0 Å². The molecule has 0 N–H and O–H groups in total. The first-order chi connectivity index (χ1) is 13.8. The number of carbonyl (C=O) groups is 2. The zero-order valence-corrected chi connectivity index (χ0v) is 17.6. The Morgan fingerprint density at radius 2 is 1.55 bits per heavy atom. The molecule has 1 fully saturated rings. The van der Waals surface area contributed by atoms with Crippen LogP contribution >= 0.6 is 0 Å². The van der Waals surface area contributed by atoms with Gasteiger partial charge in [-0.25, -0.2) is 8.42 Å². The van der Waals surface area contributed by atoms with Crippen LogP contribution in [-0.2, 0) is 14.8 Å². The van der Waals surface area contributed by atoms with Gasteiger partial charge < -0.3 is 4.90 Å². The van der Waals surface area contributed by atoms with Gasteiger partial charge in [-0.15, -0.1) is 0 Å². The average molecular weight is 415 g/mol. The molecule has 2 aromatic carbocycles. The highest BCUT2D eigenvalue weighted by atomic mass is 32.2. The van der Waals surface area contributed by atoms with E-state index < -0.39 is 10.0 Å². The van der Waals surface area contributed by atoms with Crippen LogP contribution in [-0.4, -0.2) is 55.5 Å². The van der Waals surface area contributed by atoms with Crippen LogP contribution in [0.15, 0.2) is 53.4 Å². The smallest absolute Gasteiger partial charge is 0.243 e. The molecule has 0 aromatic heterocycles. The molecule has 154 valence electrons. The van der Waals surface area contributed by atoms with E-state index in [1.54, 1.807) is 35.2 Å². The van der Waals surface area contributed by atoms with Gasteiger partial charge in [-0.3, -0.25) is 9.59 Å². The Morgan fingerprint density at radius 3 is 2.21 bits per heavy atom. The van der Waals surface area contributed by atoms with Gasteiger partial charge in [0.1, 0.15) is 0 Å². The van der Waals surface area contributed by atoms with Gasteiger partial charge in [-0.1, -0.05) is 35.9 Å². The Hall–Kier alpha value is -2.51. The molecule has 0 bridgehead atoms. The Bertz CT molecular complexity index is 995. The normalized spacial score (nSPS) is 15.3. The molecule has 0 spiro atoms. The lowest BCUT2D eigenvalue weighted by atomic mass is 9.99. The molecule has 0 unspecified atom stereocenters. The number of sulfonamides is 1. The van der Waals surface area contributed by atoms with Gasteiger partial charge >= 0.3 is 0 Å². The van der Waals surface area contributed by atoms with Gasteiger partial charge in [-0.2, -0.15) is 4.31 Å². The molecule has 1 aliphatic heterocycles. The Labute approximate surface area is 172 Å². The zero-order valence-electron chi connectivity index (χ0n) is 16.8. The van der Waals surface area contributed by atoms with E-state index in [9.17, 15) is 18.0 Å². The van der Waals surface area contributed by atoms with E-state index in [0.29, 0.717) is 18.7 Å². The highest BCUT2D eigenvalue weighted by Crippen LogP contribution is 2.18. The first kappa shape index (κ1) is 21.2. The predicted molar refractivity (Wildman–Crippen MR) is 111 cm³/mol. The fourth-order valence-corrected chi connectivity index (χ4v) is 4.91. The minimum Gasteiger partial charge on any atom is -0.340 e. The summed E-state index contributed by atoms with van der Waals surface area (Å²) in [5, 5.41) is 0. The first-order valence-electron chi connectivity index (χ1n) is 9.72. The summed E-state index contributed by atoms with van der Waals surface area (Å²) in [6.45, 7) is 5.01. The number of benzene rings is 2. The molecule has 29 heavy (non-hydrogen) atoms. The van der Waals surface area contributed by atoms with Crippen LogP contribution in [0.25, 0.3) is 0 Å². The second-order valence-corrected chi connectivity index (χ2v) is 9.28. The molecule has 0 aliphatic carbocycles. The molecule has 1 saturated heterocycles. The van der Waals surface area contributed by atoms with E-state index in [0.717, 1.165) is 11.1 Å². The summed E-state index contributed by atoms with van der Waals surface area (Å²) in [5.41, 5.74) is 2.59. The maximum atomic E-state index is 12.7. The van der Waals surface area contributed by atoms with Crippen LogP contribution in [0, 0.1) is 13.8 Å². The van der Waals surface area contributed by atoms with Crippen molar-refractivity contribution in [1.29, 1.82) is 0 Å².